The number of nitrogens with zero attached hydrogens (tertiary/aromatic N) is 1. The molecule has 108 valence electrons. The van der Waals surface area contributed by atoms with E-state index >= 15 is 0 Å². The van der Waals surface area contributed by atoms with E-state index in [2.05, 4.69) is 6.07 Å². The van der Waals surface area contributed by atoms with Crippen molar-refractivity contribution in [3.8, 4) is 11.8 Å². The maximum Gasteiger partial charge on any atom is 0.136 e. The van der Waals surface area contributed by atoms with Gasteiger partial charge >= 0.3 is 0 Å². The maximum absolute atomic E-state index is 12.3. The summed E-state index contributed by atoms with van der Waals surface area (Å²) in [4.78, 5) is 0. The lowest BCUT2D eigenvalue weighted by Crippen LogP contribution is -2.01. The normalized spacial score (nSPS) is 11.7. The molecule has 4 heteroatoms. The SMILES string of the molecule is COc1ccc(CS(=O)Cc2ccccc2C)cc1C#N. The molecule has 0 saturated carbocycles. The second-order valence-corrected chi connectivity index (χ2v) is 6.26. The molecule has 0 bridgehead atoms. The molecule has 0 spiro atoms. The van der Waals surface area contributed by atoms with Gasteiger partial charge in [-0.3, -0.25) is 4.21 Å². The molecule has 1 atom stereocenters. The summed E-state index contributed by atoms with van der Waals surface area (Å²) >= 11 is 0. The molecule has 0 aliphatic heterocycles. The van der Waals surface area contributed by atoms with Crippen molar-refractivity contribution in [2.45, 2.75) is 18.4 Å². The van der Waals surface area contributed by atoms with Crippen LogP contribution in [0.4, 0.5) is 0 Å². The van der Waals surface area contributed by atoms with Crippen molar-refractivity contribution in [1.82, 2.24) is 0 Å². The van der Waals surface area contributed by atoms with Gasteiger partial charge < -0.3 is 4.74 Å². The van der Waals surface area contributed by atoms with Crippen LogP contribution < -0.4 is 4.74 Å². The molecule has 0 N–H and O–H groups in total. The van der Waals surface area contributed by atoms with E-state index < -0.39 is 10.8 Å². The molecule has 0 fully saturated rings. The highest BCUT2D eigenvalue weighted by molar-refractivity contribution is 7.83. The van der Waals surface area contributed by atoms with Crippen LogP contribution in [0.2, 0.25) is 0 Å². The highest BCUT2D eigenvalue weighted by atomic mass is 32.2. The van der Waals surface area contributed by atoms with Crippen LogP contribution in [0.25, 0.3) is 0 Å². The highest BCUT2D eigenvalue weighted by Gasteiger charge is 2.08. The molecule has 0 heterocycles. The van der Waals surface area contributed by atoms with Gasteiger partial charge in [-0.2, -0.15) is 5.26 Å². The molecule has 0 aliphatic rings. The first-order valence-electron chi connectivity index (χ1n) is 6.60. The molecule has 3 nitrogen and oxygen atoms in total. The Bertz CT molecular complexity index is 704. The van der Waals surface area contributed by atoms with E-state index in [9.17, 15) is 4.21 Å². The molecule has 0 aromatic heterocycles. The molecular weight excluding hydrogens is 282 g/mol. The van der Waals surface area contributed by atoms with Crippen molar-refractivity contribution < 1.29 is 8.95 Å². The molecule has 0 aliphatic carbocycles. The van der Waals surface area contributed by atoms with Crippen LogP contribution in [-0.4, -0.2) is 11.3 Å². The summed E-state index contributed by atoms with van der Waals surface area (Å²) in [5, 5.41) is 9.07. The monoisotopic (exact) mass is 299 g/mol. The number of hydrogen-bond acceptors (Lipinski definition) is 3. The number of hydrogen-bond donors (Lipinski definition) is 0. The van der Waals surface area contributed by atoms with E-state index in [1.54, 1.807) is 12.1 Å². The minimum Gasteiger partial charge on any atom is -0.495 e. The molecule has 1 unspecified atom stereocenters. The number of ether oxygens (including phenoxy) is 1. The first-order valence-corrected chi connectivity index (χ1v) is 8.09. The van der Waals surface area contributed by atoms with E-state index in [1.807, 2.05) is 37.3 Å². The van der Waals surface area contributed by atoms with Gasteiger partial charge in [0.25, 0.3) is 0 Å². The van der Waals surface area contributed by atoms with Crippen LogP contribution in [0.1, 0.15) is 22.3 Å². The van der Waals surface area contributed by atoms with E-state index in [1.165, 1.54) is 7.11 Å². The molecule has 0 saturated heterocycles. The average molecular weight is 299 g/mol. The predicted octanol–water partition coefficient (Wildman–Crippen LogP) is 3.32. The first-order chi connectivity index (χ1) is 10.1. The number of nitriles is 1. The van der Waals surface area contributed by atoms with Gasteiger partial charge in [-0.05, 0) is 35.7 Å². The Morgan fingerprint density at radius 3 is 2.62 bits per heavy atom. The van der Waals surface area contributed by atoms with Gasteiger partial charge in [-0.25, -0.2) is 0 Å². The lowest BCUT2D eigenvalue weighted by molar-refractivity contribution is 0.413. The third-order valence-corrected chi connectivity index (χ3v) is 4.58. The second-order valence-electron chi connectivity index (χ2n) is 4.80. The zero-order valence-corrected chi connectivity index (χ0v) is 12.9. The number of benzene rings is 2. The summed E-state index contributed by atoms with van der Waals surface area (Å²) in [5.41, 5.74) is 3.62. The van der Waals surface area contributed by atoms with E-state index in [0.29, 0.717) is 22.8 Å². The fourth-order valence-corrected chi connectivity index (χ4v) is 3.44. The smallest absolute Gasteiger partial charge is 0.136 e. The molecule has 2 rings (SSSR count). The van der Waals surface area contributed by atoms with E-state index in [-0.39, 0.29) is 0 Å². The van der Waals surface area contributed by atoms with Crippen LogP contribution in [0.15, 0.2) is 42.5 Å². The average Bonchev–Trinajstić information content (AvgIpc) is 2.49. The van der Waals surface area contributed by atoms with Crippen molar-refractivity contribution >= 4 is 10.8 Å². The molecule has 0 amide bonds. The van der Waals surface area contributed by atoms with Gasteiger partial charge in [0.2, 0.25) is 0 Å². The highest BCUT2D eigenvalue weighted by Crippen LogP contribution is 2.20. The third-order valence-electron chi connectivity index (χ3n) is 3.29. The van der Waals surface area contributed by atoms with Crippen molar-refractivity contribution in [3.05, 3.63) is 64.7 Å². The van der Waals surface area contributed by atoms with Gasteiger partial charge in [0, 0.05) is 22.3 Å². The Hall–Kier alpha value is -2.12. The van der Waals surface area contributed by atoms with Gasteiger partial charge in [0.15, 0.2) is 0 Å². The van der Waals surface area contributed by atoms with Gasteiger partial charge in [-0.15, -0.1) is 0 Å². The Morgan fingerprint density at radius 1 is 1.19 bits per heavy atom. The summed E-state index contributed by atoms with van der Waals surface area (Å²) in [6.45, 7) is 2.02. The van der Waals surface area contributed by atoms with E-state index in [0.717, 1.165) is 16.7 Å². The Morgan fingerprint density at radius 2 is 1.95 bits per heavy atom. The van der Waals surface area contributed by atoms with Crippen LogP contribution in [0.3, 0.4) is 0 Å². The molecule has 2 aromatic carbocycles. The Kier molecular flexibility index (Phi) is 5.13. The predicted molar refractivity (Wildman–Crippen MR) is 84.4 cm³/mol. The second kappa shape index (κ2) is 7.05. The maximum atomic E-state index is 12.3. The molecule has 0 radical (unpaired) electrons. The minimum absolute atomic E-state index is 0.438. The van der Waals surface area contributed by atoms with E-state index in [4.69, 9.17) is 10.00 Å². The molecule has 2 aromatic rings. The zero-order chi connectivity index (χ0) is 15.2. The Labute approximate surface area is 127 Å². The van der Waals surface area contributed by atoms with Crippen molar-refractivity contribution in [2.75, 3.05) is 7.11 Å². The van der Waals surface area contributed by atoms with Gasteiger partial charge in [0.05, 0.1) is 12.7 Å². The van der Waals surface area contributed by atoms with Crippen LogP contribution in [0, 0.1) is 18.3 Å². The topological polar surface area (TPSA) is 50.1 Å². The zero-order valence-electron chi connectivity index (χ0n) is 12.1. The van der Waals surface area contributed by atoms with Crippen molar-refractivity contribution in [2.24, 2.45) is 0 Å². The van der Waals surface area contributed by atoms with Gasteiger partial charge in [-0.1, -0.05) is 30.3 Å². The van der Waals surface area contributed by atoms with Gasteiger partial charge in [0.1, 0.15) is 11.8 Å². The molecule has 21 heavy (non-hydrogen) atoms. The summed E-state index contributed by atoms with van der Waals surface area (Å²) in [7, 11) is 0.533. The van der Waals surface area contributed by atoms with Crippen LogP contribution in [-0.2, 0) is 22.3 Å². The largest absolute Gasteiger partial charge is 0.495 e. The third kappa shape index (κ3) is 3.93. The number of aryl methyl sites for hydroxylation is 1. The summed E-state index contributed by atoms with van der Waals surface area (Å²) < 4.78 is 17.4. The summed E-state index contributed by atoms with van der Waals surface area (Å²) in [5.74, 6) is 1.51. The van der Waals surface area contributed by atoms with Crippen LogP contribution in [0.5, 0.6) is 5.75 Å². The number of rotatable bonds is 5. The fourth-order valence-electron chi connectivity index (χ4n) is 2.11. The van der Waals surface area contributed by atoms with Crippen molar-refractivity contribution in [1.29, 1.82) is 5.26 Å². The quantitative estimate of drug-likeness (QED) is 0.851. The van der Waals surface area contributed by atoms with Crippen molar-refractivity contribution in [3.63, 3.8) is 0 Å². The number of methoxy groups -OCH3 is 1. The lowest BCUT2D eigenvalue weighted by atomic mass is 10.1. The fraction of sp³-hybridized carbons (Fsp3) is 0.235. The summed E-state index contributed by atoms with van der Waals surface area (Å²) in [6, 6.07) is 15.4. The minimum atomic E-state index is -1.00. The Balaban J connectivity index is 2.10. The summed E-state index contributed by atoms with van der Waals surface area (Å²) in [6.07, 6.45) is 0. The molecular formula is C17H17NO2S. The standard InChI is InChI=1S/C17H17NO2S/c1-13-5-3-4-6-15(13)12-21(19)11-14-7-8-17(20-2)16(9-14)10-18/h3-9H,11-12H2,1-2H3. The van der Waals surface area contributed by atoms with Crippen LogP contribution >= 0.6 is 0 Å². The lowest BCUT2D eigenvalue weighted by Gasteiger charge is -2.08. The first kappa shape index (κ1) is 15.3.